The maximum atomic E-state index is 4.73. The average Bonchev–Trinajstić information content (AvgIpc) is 3.05. The Morgan fingerprint density at radius 1 is 0.614 bits per heavy atom. The fraction of sp³-hybridized carbons (Fsp3) is 0.381. The molecule has 0 saturated carbocycles. The van der Waals surface area contributed by atoms with Crippen molar-refractivity contribution in [2.75, 3.05) is 0 Å². The number of allylic oxidation sites excluding steroid dienone is 1. The number of hydrogen-bond donors (Lipinski definition) is 0. The van der Waals surface area contributed by atoms with E-state index < -0.39 is 0 Å². The zero-order valence-electron chi connectivity index (χ0n) is 27.6. The first-order valence-electron chi connectivity index (χ1n) is 17.1. The van der Waals surface area contributed by atoms with Crippen LogP contribution >= 0.6 is 0 Å². The van der Waals surface area contributed by atoms with Gasteiger partial charge in [-0.05, 0) is 108 Å². The lowest BCUT2D eigenvalue weighted by Crippen LogP contribution is -1.95. The van der Waals surface area contributed by atoms with Crippen LogP contribution in [0.15, 0.2) is 107 Å². The van der Waals surface area contributed by atoms with Crippen molar-refractivity contribution in [3.05, 3.63) is 119 Å². The van der Waals surface area contributed by atoms with Gasteiger partial charge in [0, 0.05) is 0 Å². The zero-order valence-corrected chi connectivity index (χ0v) is 27.6. The van der Waals surface area contributed by atoms with Gasteiger partial charge in [0.25, 0.3) is 0 Å². The van der Waals surface area contributed by atoms with Crippen LogP contribution in [-0.4, -0.2) is 0 Å². The van der Waals surface area contributed by atoms with Gasteiger partial charge in [0.2, 0.25) is 0 Å². The van der Waals surface area contributed by atoms with Crippen LogP contribution < -0.4 is 0 Å². The van der Waals surface area contributed by atoms with E-state index in [0.717, 1.165) is 29.8 Å². The number of rotatable bonds is 17. The molecule has 0 unspecified atom stereocenters. The highest BCUT2D eigenvalue weighted by Crippen LogP contribution is 2.33. The van der Waals surface area contributed by atoms with Crippen LogP contribution in [0, 0.1) is 6.92 Å². The van der Waals surface area contributed by atoms with E-state index in [4.69, 9.17) is 5.11 Å². The molecule has 44 heavy (non-hydrogen) atoms. The predicted molar refractivity (Wildman–Crippen MR) is 192 cm³/mol. The summed E-state index contributed by atoms with van der Waals surface area (Å²) in [7, 11) is 0. The molecular formula is C42H52N2. The highest BCUT2D eigenvalue weighted by atomic mass is 15.1. The molecule has 0 atom stereocenters. The van der Waals surface area contributed by atoms with Crippen LogP contribution in [0.25, 0.3) is 28.3 Å². The lowest BCUT2D eigenvalue weighted by molar-refractivity contribution is 0.607. The van der Waals surface area contributed by atoms with E-state index >= 15 is 0 Å². The van der Waals surface area contributed by atoms with Crippen molar-refractivity contribution in [2.45, 2.75) is 105 Å². The number of nitrogens with zero attached hydrogens (tertiary/aromatic N) is 2. The van der Waals surface area contributed by atoms with Gasteiger partial charge in [-0.3, -0.25) is 0 Å². The highest BCUT2D eigenvalue weighted by Gasteiger charge is 2.11. The van der Waals surface area contributed by atoms with E-state index in [2.05, 4.69) is 123 Å². The molecule has 0 fully saturated rings. The van der Waals surface area contributed by atoms with Gasteiger partial charge in [-0.1, -0.05) is 138 Å². The molecule has 2 nitrogen and oxygen atoms in total. The summed E-state index contributed by atoms with van der Waals surface area (Å²) >= 11 is 0. The minimum absolute atomic E-state index is 0.898. The van der Waals surface area contributed by atoms with Crippen LogP contribution in [-0.2, 0) is 12.8 Å². The van der Waals surface area contributed by atoms with Crippen molar-refractivity contribution in [2.24, 2.45) is 10.2 Å². The Labute approximate surface area is 267 Å². The van der Waals surface area contributed by atoms with E-state index in [1.54, 1.807) is 0 Å². The molecule has 0 radical (unpaired) electrons. The van der Waals surface area contributed by atoms with E-state index in [-0.39, 0.29) is 0 Å². The summed E-state index contributed by atoms with van der Waals surface area (Å²) in [6.07, 6.45) is 17.3. The van der Waals surface area contributed by atoms with Crippen LogP contribution in [0.2, 0.25) is 0 Å². The third kappa shape index (κ3) is 10.2. The van der Waals surface area contributed by atoms with E-state index in [9.17, 15) is 0 Å². The predicted octanol–water partition coefficient (Wildman–Crippen LogP) is 13.5. The third-order valence-corrected chi connectivity index (χ3v) is 8.54. The first-order chi connectivity index (χ1) is 21.6. The molecule has 0 bridgehead atoms. The Morgan fingerprint density at radius 3 is 1.89 bits per heavy atom. The molecule has 2 heteroatoms. The quantitative estimate of drug-likeness (QED) is 0.0871. The van der Waals surface area contributed by atoms with Gasteiger partial charge in [-0.2, -0.15) is 10.2 Å². The van der Waals surface area contributed by atoms with Gasteiger partial charge in [0.15, 0.2) is 0 Å². The summed E-state index contributed by atoms with van der Waals surface area (Å²) in [5, 5.41) is 9.41. The topological polar surface area (TPSA) is 24.7 Å². The van der Waals surface area contributed by atoms with Crippen molar-refractivity contribution >= 4 is 11.8 Å². The molecule has 0 amide bonds. The summed E-state index contributed by atoms with van der Waals surface area (Å²) in [6, 6.07) is 32.8. The van der Waals surface area contributed by atoms with E-state index in [0.29, 0.717) is 0 Å². The lowest BCUT2D eigenvalue weighted by Gasteiger charge is -2.14. The summed E-state index contributed by atoms with van der Waals surface area (Å²) in [6.45, 7) is 8.82. The fourth-order valence-electron chi connectivity index (χ4n) is 6.08. The number of hydrogen-bond acceptors (Lipinski definition) is 2. The van der Waals surface area contributed by atoms with Crippen LogP contribution in [0.4, 0.5) is 5.69 Å². The highest BCUT2D eigenvalue weighted by molar-refractivity contribution is 5.73. The van der Waals surface area contributed by atoms with Gasteiger partial charge in [-0.15, -0.1) is 0 Å². The van der Waals surface area contributed by atoms with Crippen molar-refractivity contribution in [1.82, 2.24) is 0 Å². The minimum atomic E-state index is 0.898. The Hall–Kier alpha value is -3.78. The van der Waals surface area contributed by atoms with Crippen molar-refractivity contribution in [3.8, 4) is 22.3 Å². The number of unbranched alkanes of at least 4 members (excludes halogenated alkanes) is 8. The SMILES string of the molecule is CCCCCCCCc1c(C)cc(N=NC(C)=Cc2ccc(CCCCCC)c(-c3ccccc3)c2)cc1-c1ccccc1. The number of azo groups is 1. The molecule has 230 valence electrons. The Morgan fingerprint density at radius 2 is 1.20 bits per heavy atom. The molecule has 4 aromatic carbocycles. The second-order valence-electron chi connectivity index (χ2n) is 12.3. The molecular weight excluding hydrogens is 532 g/mol. The first kappa shape index (κ1) is 33.1. The van der Waals surface area contributed by atoms with Gasteiger partial charge in [0.1, 0.15) is 0 Å². The monoisotopic (exact) mass is 584 g/mol. The Balaban J connectivity index is 1.55. The van der Waals surface area contributed by atoms with Crippen molar-refractivity contribution < 1.29 is 0 Å². The molecule has 0 N–H and O–H groups in total. The lowest BCUT2D eigenvalue weighted by atomic mass is 9.91. The fourth-order valence-corrected chi connectivity index (χ4v) is 6.08. The van der Waals surface area contributed by atoms with Gasteiger partial charge >= 0.3 is 0 Å². The van der Waals surface area contributed by atoms with Gasteiger partial charge in [-0.25, -0.2) is 0 Å². The molecule has 0 aliphatic rings. The van der Waals surface area contributed by atoms with E-state index in [1.807, 2.05) is 6.92 Å². The maximum absolute atomic E-state index is 4.73. The molecule has 4 aromatic rings. The molecule has 0 heterocycles. The second kappa shape index (κ2) is 18.1. The number of aryl methyl sites for hydroxylation is 2. The Kier molecular flexibility index (Phi) is 13.6. The second-order valence-corrected chi connectivity index (χ2v) is 12.3. The average molecular weight is 585 g/mol. The van der Waals surface area contributed by atoms with E-state index in [1.165, 1.54) is 103 Å². The number of benzene rings is 4. The van der Waals surface area contributed by atoms with Crippen molar-refractivity contribution in [3.63, 3.8) is 0 Å². The van der Waals surface area contributed by atoms with Crippen LogP contribution in [0.1, 0.15) is 107 Å². The van der Waals surface area contributed by atoms with Gasteiger partial charge in [0.05, 0.1) is 11.4 Å². The van der Waals surface area contributed by atoms with Gasteiger partial charge < -0.3 is 0 Å². The normalized spacial score (nSPS) is 11.9. The van der Waals surface area contributed by atoms with Crippen molar-refractivity contribution in [1.29, 1.82) is 0 Å². The largest absolute Gasteiger partial charge is 0.155 e. The summed E-state index contributed by atoms with van der Waals surface area (Å²) in [4.78, 5) is 0. The summed E-state index contributed by atoms with van der Waals surface area (Å²) in [5.41, 5.74) is 12.3. The smallest absolute Gasteiger partial charge is 0.0865 e. The van der Waals surface area contributed by atoms with Crippen LogP contribution in [0.5, 0.6) is 0 Å². The maximum Gasteiger partial charge on any atom is 0.0865 e. The molecule has 0 aliphatic carbocycles. The molecule has 0 spiro atoms. The first-order valence-corrected chi connectivity index (χ1v) is 17.1. The zero-order chi connectivity index (χ0) is 31.0. The van der Waals surface area contributed by atoms with Crippen LogP contribution in [0.3, 0.4) is 0 Å². The molecule has 0 aliphatic heterocycles. The standard InChI is InChI=1S/C42H52N2/c1-5-7-9-11-12-20-26-40-33(3)29-39(32-42(40)37-23-18-14-19-24-37)44-43-34(4)30-35-27-28-38(25-15-10-8-6-2)41(31-35)36-21-16-13-17-22-36/h13-14,16-19,21-24,27-32H,5-12,15,20,25-26H2,1-4H3. The summed E-state index contributed by atoms with van der Waals surface area (Å²) in [5.74, 6) is 0. The summed E-state index contributed by atoms with van der Waals surface area (Å²) < 4.78 is 0. The Bertz CT molecular complexity index is 1480. The molecule has 0 saturated heterocycles. The third-order valence-electron chi connectivity index (χ3n) is 8.54. The molecule has 0 aromatic heterocycles. The minimum Gasteiger partial charge on any atom is -0.155 e. The molecule has 4 rings (SSSR count).